The van der Waals surface area contributed by atoms with E-state index in [2.05, 4.69) is 11.8 Å². The first-order chi connectivity index (χ1) is 13.5. The van der Waals surface area contributed by atoms with Crippen molar-refractivity contribution in [3.8, 4) is 0 Å². The fourth-order valence-electron chi connectivity index (χ4n) is 5.12. The molecule has 0 aromatic heterocycles. The van der Waals surface area contributed by atoms with Crippen LogP contribution in [0, 0.1) is 23.7 Å². The molecular formula is C23H40N2O3. The molecule has 2 aliphatic heterocycles. The molecule has 2 amide bonds. The van der Waals surface area contributed by atoms with Crippen molar-refractivity contribution in [1.82, 2.24) is 9.80 Å². The molecule has 2 saturated heterocycles. The second-order valence-corrected chi connectivity index (χ2v) is 9.54. The number of hydrogen-bond acceptors (Lipinski definition) is 3. The van der Waals surface area contributed by atoms with Crippen LogP contribution in [0.25, 0.3) is 0 Å². The maximum absolute atomic E-state index is 12.7. The van der Waals surface area contributed by atoms with E-state index < -0.39 is 0 Å². The number of carbonyl (C=O) groups is 2. The summed E-state index contributed by atoms with van der Waals surface area (Å²) in [6, 6.07) is 0. The molecule has 5 heteroatoms. The highest BCUT2D eigenvalue weighted by molar-refractivity contribution is 5.79. The summed E-state index contributed by atoms with van der Waals surface area (Å²) in [7, 11) is 0. The average molecular weight is 393 g/mol. The molecule has 0 aromatic carbocycles. The number of hydrogen-bond donors (Lipinski definition) is 0. The Morgan fingerprint density at radius 1 is 0.821 bits per heavy atom. The minimum absolute atomic E-state index is 0.197. The van der Waals surface area contributed by atoms with E-state index >= 15 is 0 Å². The number of rotatable bonds is 6. The van der Waals surface area contributed by atoms with Crippen LogP contribution in [0.15, 0.2) is 0 Å². The Balaban J connectivity index is 1.25. The van der Waals surface area contributed by atoms with Crippen LogP contribution in [-0.4, -0.2) is 61.0 Å². The number of likely N-dealkylation sites (tertiary alicyclic amines) is 2. The third-order valence-electron chi connectivity index (χ3n) is 7.38. The summed E-state index contributed by atoms with van der Waals surface area (Å²) >= 11 is 0. The zero-order valence-electron chi connectivity index (χ0n) is 18.0. The molecule has 5 nitrogen and oxygen atoms in total. The van der Waals surface area contributed by atoms with Crippen molar-refractivity contribution in [2.75, 3.05) is 39.4 Å². The van der Waals surface area contributed by atoms with Gasteiger partial charge in [-0.25, -0.2) is 0 Å². The van der Waals surface area contributed by atoms with Crippen LogP contribution in [0.4, 0.5) is 0 Å². The molecule has 3 fully saturated rings. The average Bonchev–Trinajstić information content (AvgIpc) is 2.72. The van der Waals surface area contributed by atoms with Crippen molar-refractivity contribution in [3.05, 3.63) is 0 Å². The van der Waals surface area contributed by atoms with Crippen LogP contribution >= 0.6 is 0 Å². The number of piperidine rings is 2. The molecule has 0 atom stereocenters. The molecular weight excluding hydrogens is 352 g/mol. The van der Waals surface area contributed by atoms with Gasteiger partial charge in [0.05, 0.1) is 0 Å². The van der Waals surface area contributed by atoms with Crippen molar-refractivity contribution < 1.29 is 14.3 Å². The van der Waals surface area contributed by atoms with E-state index in [1.165, 1.54) is 12.8 Å². The van der Waals surface area contributed by atoms with Gasteiger partial charge in [-0.3, -0.25) is 9.59 Å². The van der Waals surface area contributed by atoms with Gasteiger partial charge < -0.3 is 14.5 Å². The van der Waals surface area contributed by atoms with Gasteiger partial charge in [0.25, 0.3) is 0 Å². The van der Waals surface area contributed by atoms with E-state index in [0.29, 0.717) is 23.7 Å². The van der Waals surface area contributed by atoms with E-state index in [1.807, 2.05) is 4.90 Å². The Morgan fingerprint density at radius 3 is 2.00 bits per heavy atom. The van der Waals surface area contributed by atoms with Crippen LogP contribution in [0.1, 0.15) is 71.6 Å². The van der Waals surface area contributed by atoms with Crippen molar-refractivity contribution >= 4 is 11.8 Å². The molecule has 2 heterocycles. The maximum Gasteiger partial charge on any atom is 0.225 e. The largest absolute Gasteiger partial charge is 0.381 e. The molecule has 1 aliphatic carbocycles. The lowest BCUT2D eigenvalue weighted by molar-refractivity contribution is -0.138. The molecule has 3 rings (SSSR count). The smallest absolute Gasteiger partial charge is 0.225 e. The van der Waals surface area contributed by atoms with Crippen molar-refractivity contribution in [1.29, 1.82) is 0 Å². The van der Waals surface area contributed by atoms with Crippen molar-refractivity contribution in [2.45, 2.75) is 71.6 Å². The van der Waals surface area contributed by atoms with E-state index in [4.69, 9.17) is 4.74 Å². The van der Waals surface area contributed by atoms with Gasteiger partial charge in [-0.15, -0.1) is 0 Å². The molecule has 0 radical (unpaired) electrons. The van der Waals surface area contributed by atoms with E-state index in [9.17, 15) is 9.59 Å². The van der Waals surface area contributed by atoms with Gasteiger partial charge in [0.15, 0.2) is 0 Å². The lowest BCUT2D eigenvalue weighted by atomic mass is 9.82. The lowest BCUT2D eigenvalue weighted by Crippen LogP contribution is -2.42. The molecule has 160 valence electrons. The summed E-state index contributed by atoms with van der Waals surface area (Å²) in [5, 5.41) is 0. The molecule has 0 spiro atoms. The van der Waals surface area contributed by atoms with Crippen molar-refractivity contribution in [3.63, 3.8) is 0 Å². The third kappa shape index (κ3) is 6.20. The first-order valence-electron chi connectivity index (χ1n) is 11.6. The molecule has 3 aliphatic rings. The maximum atomic E-state index is 12.7. The molecule has 0 N–H and O–H groups in total. The quantitative estimate of drug-likeness (QED) is 0.648. The van der Waals surface area contributed by atoms with Gasteiger partial charge in [-0.05, 0) is 75.5 Å². The fraction of sp³-hybridized carbons (Fsp3) is 0.913. The molecule has 1 saturated carbocycles. The molecule has 0 unspecified atom stereocenters. The normalized spacial score (nSPS) is 27.8. The Morgan fingerprint density at radius 2 is 1.39 bits per heavy atom. The summed E-state index contributed by atoms with van der Waals surface area (Å²) in [4.78, 5) is 28.2. The second kappa shape index (κ2) is 10.6. The van der Waals surface area contributed by atoms with Crippen LogP contribution in [0.3, 0.4) is 0 Å². The van der Waals surface area contributed by atoms with Gasteiger partial charge in [-0.1, -0.05) is 6.92 Å². The van der Waals surface area contributed by atoms with Crippen molar-refractivity contribution in [2.24, 2.45) is 23.7 Å². The Labute approximate surface area is 171 Å². The van der Waals surface area contributed by atoms with Gasteiger partial charge >= 0.3 is 0 Å². The summed E-state index contributed by atoms with van der Waals surface area (Å²) in [6.07, 6.45) is 10.2. The Hall–Kier alpha value is -1.10. The van der Waals surface area contributed by atoms with E-state index in [1.54, 1.807) is 6.92 Å². The number of carbonyl (C=O) groups excluding carboxylic acids is 2. The van der Waals surface area contributed by atoms with Crippen LogP contribution < -0.4 is 0 Å². The Kier molecular flexibility index (Phi) is 8.19. The van der Waals surface area contributed by atoms with Crippen LogP contribution in [0.5, 0.6) is 0 Å². The zero-order chi connectivity index (χ0) is 19.9. The Bertz CT molecular complexity index is 500. The highest BCUT2D eigenvalue weighted by atomic mass is 16.5. The monoisotopic (exact) mass is 392 g/mol. The van der Waals surface area contributed by atoms with E-state index in [0.717, 1.165) is 90.3 Å². The topological polar surface area (TPSA) is 49.9 Å². The first-order valence-corrected chi connectivity index (χ1v) is 11.6. The summed E-state index contributed by atoms with van der Waals surface area (Å²) in [6.45, 7) is 9.30. The predicted molar refractivity (Wildman–Crippen MR) is 111 cm³/mol. The van der Waals surface area contributed by atoms with Gasteiger partial charge in [0.2, 0.25) is 11.8 Å². The molecule has 0 aromatic rings. The number of ether oxygens (including phenoxy) is 1. The minimum atomic E-state index is 0.197. The fourth-order valence-corrected chi connectivity index (χ4v) is 5.12. The SMILES string of the molecule is CC(=O)N1CCC(COCCC2CCN(C(=O)[C@H]3CC[C@H](C)CC3)CC2)CC1. The predicted octanol–water partition coefficient (Wildman–Crippen LogP) is 3.72. The lowest BCUT2D eigenvalue weighted by Gasteiger charge is -2.36. The van der Waals surface area contributed by atoms with Gasteiger partial charge in [0, 0.05) is 52.2 Å². The first kappa shape index (κ1) is 21.6. The van der Waals surface area contributed by atoms with Gasteiger partial charge in [0.1, 0.15) is 0 Å². The molecule has 0 bridgehead atoms. The second-order valence-electron chi connectivity index (χ2n) is 9.54. The van der Waals surface area contributed by atoms with Crippen LogP contribution in [0.2, 0.25) is 0 Å². The zero-order valence-corrected chi connectivity index (χ0v) is 18.0. The highest BCUT2D eigenvalue weighted by Crippen LogP contribution is 2.31. The summed E-state index contributed by atoms with van der Waals surface area (Å²) < 4.78 is 5.97. The highest BCUT2D eigenvalue weighted by Gasteiger charge is 2.30. The summed E-state index contributed by atoms with van der Waals surface area (Å²) in [5.41, 5.74) is 0. The standard InChI is InChI=1S/C23H40N2O3/c1-18-3-5-22(6-4-18)23(27)25-14-7-20(8-15-25)11-16-28-17-21-9-12-24(13-10-21)19(2)26/h18,20-22H,3-17H2,1-2H3/t18-,22-. The van der Waals surface area contributed by atoms with Crippen LogP contribution in [-0.2, 0) is 14.3 Å². The van der Waals surface area contributed by atoms with Gasteiger partial charge in [-0.2, -0.15) is 0 Å². The summed E-state index contributed by atoms with van der Waals surface area (Å²) in [5.74, 6) is 3.03. The minimum Gasteiger partial charge on any atom is -0.381 e. The number of amides is 2. The third-order valence-corrected chi connectivity index (χ3v) is 7.38. The number of nitrogens with zero attached hydrogens (tertiary/aromatic N) is 2. The molecule has 28 heavy (non-hydrogen) atoms. The van der Waals surface area contributed by atoms with E-state index in [-0.39, 0.29) is 5.91 Å².